The highest BCUT2D eigenvalue weighted by Crippen LogP contribution is 2.13. The van der Waals surface area contributed by atoms with Crippen LogP contribution >= 0.6 is 0 Å². The summed E-state index contributed by atoms with van der Waals surface area (Å²) in [5.74, 6) is -3.39. The number of imide groups is 1. The highest BCUT2D eigenvalue weighted by atomic mass is 16.7. The van der Waals surface area contributed by atoms with Crippen molar-refractivity contribution in [2.24, 2.45) is 5.92 Å². The number of carbonyl (C=O) groups excluding carboxylic acids is 7. The molecular formula is C41H62N8O16. The van der Waals surface area contributed by atoms with Crippen molar-refractivity contribution in [2.75, 3.05) is 91.1 Å². The molecule has 1 aliphatic heterocycles. The molecule has 0 unspecified atom stereocenters. The van der Waals surface area contributed by atoms with Crippen LogP contribution in [0.4, 0.5) is 10.5 Å². The van der Waals surface area contributed by atoms with Gasteiger partial charge in [0.15, 0.2) is 0 Å². The molecule has 2 heterocycles. The molecule has 362 valence electrons. The van der Waals surface area contributed by atoms with Crippen molar-refractivity contribution in [3.8, 4) is 0 Å². The summed E-state index contributed by atoms with van der Waals surface area (Å²) in [5.41, 5.74) is 1.79. The van der Waals surface area contributed by atoms with E-state index in [-0.39, 0.29) is 96.8 Å². The first kappa shape index (κ1) is 53.7. The number of alkyl carbamates (subject to hydrolysis) is 1. The highest BCUT2D eigenvalue weighted by Gasteiger charge is 2.32. The Kier molecular flexibility index (Phi) is 25.8. The standard InChI is InChI=1S/C41H62N8O16/c1-29(2)39(40(56)42-25-35(52)44-32-6-4-31(5-7-32)27-64-41(57)43-24-30(3)50)45-34(51)10-13-58-16-19-61-21-18-60-15-12-48-26-33(46-47-48)28-63-23-22-62-20-17-59-14-11-38(55)65-49-36(53)8-9-37(49)54/h4-7,26,29-30,39,50H,8-25,27-28H2,1-3H3,(H,42,56)(H,43,57)(H,44,52)(H,45,51)/t30-,39-/m0/s1. The molecular weight excluding hydrogens is 860 g/mol. The Morgan fingerprint density at radius 2 is 1.31 bits per heavy atom. The summed E-state index contributed by atoms with van der Waals surface area (Å²) in [6.45, 7) is 8.55. The van der Waals surface area contributed by atoms with Crippen LogP contribution in [0.1, 0.15) is 57.7 Å². The van der Waals surface area contributed by atoms with E-state index in [0.29, 0.717) is 68.2 Å². The van der Waals surface area contributed by atoms with E-state index in [0.717, 1.165) is 0 Å². The number of anilines is 1. The van der Waals surface area contributed by atoms with E-state index in [1.165, 1.54) is 6.92 Å². The van der Waals surface area contributed by atoms with Crippen molar-refractivity contribution >= 4 is 47.3 Å². The Bertz CT molecular complexity index is 1760. The average molecular weight is 923 g/mol. The van der Waals surface area contributed by atoms with E-state index < -0.39 is 47.8 Å². The van der Waals surface area contributed by atoms with Gasteiger partial charge in [-0.1, -0.05) is 31.2 Å². The van der Waals surface area contributed by atoms with Gasteiger partial charge in [0.25, 0.3) is 11.8 Å². The predicted octanol–water partition coefficient (Wildman–Crippen LogP) is -0.232. The van der Waals surface area contributed by atoms with Gasteiger partial charge in [-0.05, 0) is 30.5 Å². The molecule has 0 spiro atoms. The zero-order valence-electron chi connectivity index (χ0n) is 37.1. The van der Waals surface area contributed by atoms with Crippen molar-refractivity contribution in [3.63, 3.8) is 0 Å². The van der Waals surface area contributed by atoms with Crippen LogP contribution in [0, 0.1) is 5.92 Å². The number of rotatable bonds is 34. The van der Waals surface area contributed by atoms with Gasteiger partial charge in [-0.2, -0.15) is 0 Å². The number of hydrogen-bond acceptors (Lipinski definition) is 18. The van der Waals surface area contributed by atoms with Gasteiger partial charge in [0.05, 0.1) is 111 Å². The largest absolute Gasteiger partial charge is 0.445 e. The third kappa shape index (κ3) is 23.8. The van der Waals surface area contributed by atoms with E-state index in [9.17, 15) is 38.7 Å². The van der Waals surface area contributed by atoms with Gasteiger partial charge in [0, 0.05) is 31.5 Å². The number of ether oxygens (including phenoxy) is 7. The lowest BCUT2D eigenvalue weighted by Gasteiger charge is -2.21. The fraction of sp³-hybridized carbons (Fsp3) is 0.634. The molecule has 6 amide bonds. The van der Waals surface area contributed by atoms with Crippen molar-refractivity contribution in [1.82, 2.24) is 36.0 Å². The maximum Gasteiger partial charge on any atom is 0.407 e. The second-order valence-electron chi connectivity index (χ2n) is 14.7. The van der Waals surface area contributed by atoms with Crippen LogP contribution in [0.2, 0.25) is 0 Å². The van der Waals surface area contributed by atoms with Crippen LogP contribution in [-0.4, -0.2) is 165 Å². The molecule has 0 saturated carbocycles. The Labute approximate surface area is 376 Å². The van der Waals surface area contributed by atoms with Crippen LogP contribution in [0.15, 0.2) is 30.5 Å². The number of hydrogen-bond donors (Lipinski definition) is 5. The molecule has 1 aromatic heterocycles. The van der Waals surface area contributed by atoms with Crippen LogP contribution in [-0.2, 0) is 86.5 Å². The molecule has 2 atom stereocenters. The topological polar surface area (TPSA) is 296 Å². The lowest BCUT2D eigenvalue weighted by atomic mass is 10.0. The van der Waals surface area contributed by atoms with E-state index >= 15 is 0 Å². The lowest BCUT2D eigenvalue weighted by molar-refractivity contribution is -0.198. The zero-order valence-corrected chi connectivity index (χ0v) is 37.1. The summed E-state index contributed by atoms with van der Waals surface area (Å²) >= 11 is 0. The first-order valence-corrected chi connectivity index (χ1v) is 21.3. The van der Waals surface area contributed by atoms with Crippen molar-refractivity contribution in [2.45, 2.75) is 78.4 Å². The molecule has 1 saturated heterocycles. The number of benzene rings is 1. The maximum atomic E-state index is 12.8. The minimum absolute atomic E-state index is 0.00137. The molecule has 0 radical (unpaired) electrons. The molecule has 1 fully saturated rings. The highest BCUT2D eigenvalue weighted by molar-refractivity contribution is 6.01. The van der Waals surface area contributed by atoms with Gasteiger partial charge in [-0.3, -0.25) is 24.0 Å². The number of aliphatic hydroxyl groups is 1. The van der Waals surface area contributed by atoms with Crippen LogP contribution in [0.25, 0.3) is 0 Å². The molecule has 2 aromatic rings. The van der Waals surface area contributed by atoms with E-state index in [4.69, 9.17) is 38.0 Å². The number of amides is 6. The molecule has 65 heavy (non-hydrogen) atoms. The van der Waals surface area contributed by atoms with Crippen molar-refractivity contribution in [1.29, 1.82) is 0 Å². The van der Waals surface area contributed by atoms with E-state index in [1.54, 1.807) is 49.0 Å². The minimum atomic E-state index is -0.862. The van der Waals surface area contributed by atoms with Crippen LogP contribution in [0.3, 0.4) is 0 Å². The molecule has 0 aliphatic carbocycles. The van der Waals surface area contributed by atoms with Gasteiger partial charge in [0.1, 0.15) is 18.3 Å². The van der Waals surface area contributed by atoms with Gasteiger partial charge >= 0.3 is 12.1 Å². The Hall–Kier alpha value is -5.63. The lowest BCUT2D eigenvalue weighted by Crippen LogP contribution is -2.51. The number of nitrogens with one attached hydrogen (secondary N) is 4. The predicted molar refractivity (Wildman–Crippen MR) is 225 cm³/mol. The summed E-state index contributed by atoms with van der Waals surface area (Å²) in [6.07, 6.45) is 0.387. The summed E-state index contributed by atoms with van der Waals surface area (Å²) in [5, 5.41) is 28.2. The fourth-order valence-corrected chi connectivity index (χ4v) is 5.33. The maximum absolute atomic E-state index is 12.8. The second-order valence-corrected chi connectivity index (χ2v) is 14.7. The fourth-order valence-electron chi connectivity index (χ4n) is 5.33. The van der Waals surface area contributed by atoms with Gasteiger partial charge in [-0.25, -0.2) is 14.3 Å². The number of aliphatic hydroxyl groups excluding tert-OH is 1. The monoisotopic (exact) mass is 922 g/mol. The quantitative estimate of drug-likeness (QED) is 0.0447. The number of aromatic nitrogens is 3. The van der Waals surface area contributed by atoms with Crippen molar-refractivity contribution in [3.05, 3.63) is 41.7 Å². The molecule has 24 nitrogen and oxygen atoms in total. The SMILES string of the molecule is CC(C)[C@H](NC(=O)CCOCCOCCOCCn1cc(COCCOCCOCCC(=O)ON2C(=O)CCC2=O)nn1)C(=O)NCC(=O)Nc1ccc(COC(=O)NC[C@H](C)O)cc1. The molecule has 1 aliphatic rings. The molecule has 0 bridgehead atoms. The average Bonchev–Trinajstić information content (AvgIpc) is 3.87. The van der Waals surface area contributed by atoms with Gasteiger partial charge in [0.2, 0.25) is 17.7 Å². The molecule has 3 rings (SSSR count). The Morgan fingerprint density at radius 1 is 0.723 bits per heavy atom. The van der Waals surface area contributed by atoms with Crippen molar-refractivity contribution < 1.29 is 76.7 Å². The minimum Gasteiger partial charge on any atom is -0.445 e. The van der Waals surface area contributed by atoms with Crippen LogP contribution in [0.5, 0.6) is 0 Å². The number of hydroxylamine groups is 2. The summed E-state index contributed by atoms with van der Waals surface area (Å²) in [4.78, 5) is 88.9. The van der Waals surface area contributed by atoms with Crippen LogP contribution < -0.4 is 21.3 Å². The first-order chi connectivity index (χ1) is 31.3. The normalized spacial score (nSPS) is 13.4. The zero-order chi connectivity index (χ0) is 47.2. The summed E-state index contributed by atoms with van der Waals surface area (Å²) < 4.78 is 39.6. The number of carbonyl (C=O) groups is 7. The smallest absolute Gasteiger partial charge is 0.407 e. The Morgan fingerprint density at radius 3 is 1.92 bits per heavy atom. The van der Waals surface area contributed by atoms with Gasteiger partial charge in [-0.15, -0.1) is 10.2 Å². The molecule has 1 aromatic carbocycles. The molecule has 24 heteroatoms. The summed E-state index contributed by atoms with van der Waals surface area (Å²) in [6, 6.07) is 5.72. The second kappa shape index (κ2) is 31.3. The summed E-state index contributed by atoms with van der Waals surface area (Å²) in [7, 11) is 0. The molecule has 5 N–H and O–H groups in total. The third-order valence-corrected chi connectivity index (χ3v) is 8.75. The Balaban J connectivity index is 1.11. The van der Waals surface area contributed by atoms with E-state index in [1.807, 2.05) is 0 Å². The van der Waals surface area contributed by atoms with Gasteiger partial charge < -0.3 is 64.4 Å². The number of nitrogens with zero attached hydrogens (tertiary/aromatic N) is 4. The first-order valence-electron chi connectivity index (χ1n) is 21.3. The third-order valence-electron chi connectivity index (χ3n) is 8.75. The van der Waals surface area contributed by atoms with E-state index in [2.05, 4.69) is 31.6 Å².